The number of nitrogens with zero attached hydrogens (tertiary/aromatic N) is 1. The minimum Gasteiger partial charge on any atom is -0.495 e. The van der Waals surface area contributed by atoms with E-state index in [1.807, 2.05) is 26.0 Å². The van der Waals surface area contributed by atoms with Gasteiger partial charge in [-0.1, -0.05) is 30.9 Å². The molecule has 0 spiro atoms. The van der Waals surface area contributed by atoms with Gasteiger partial charge in [0, 0.05) is 23.1 Å². The molecule has 2 N–H and O–H groups in total. The Morgan fingerprint density at radius 1 is 1.38 bits per heavy atom. The van der Waals surface area contributed by atoms with Gasteiger partial charge in [0.05, 0.1) is 13.3 Å². The van der Waals surface area contributed by atoms with E-state index in [4.69, 9.17) is 4.74 Å². The maximum atomic E-state index is 5.47. The summed E-state index contributed by atoms with van der Waals surface area (Å²) in [5.41, 5.74) is 4.85. The van der Waals surface area contributed by atoms with Crippen LogP contribution >= 0.6 is 0 Å². The van der Waals surface area contributed by atoms with Crippen molar-refractivity contribution in [3.05, 3.63) is 77.1 Å². The van der Waals surface area contributed by atoms with Crippen LogP contribution in [-0.2, 0) is 4.74 Å². The number of aryl methyl sites for hydroxylation is 2. The van der Waals surface area contributed by atoms with E-state index in [2.05, 4.69) is 59.2 Å². The van der Waals surface area contributed by atoms with Gasteiger partial charge < -0.3 is 15.0 Å². The van der Waals surface area contributed by atoms with Crippen molar-refractivity contribution < 1.29 is 4.74 Å². The van der Waals surface area contributed by atoms with E-state index in [1.165, 1.54) is 5.56 Å². The first-order chi connectivity index (χ1) is 12.5. The Morgan fingerprint density at radius 3 is 2.85 bits per heavy atom. The van der Waals surface area contributed by atoms with Gasteiger partial charge in [-0.05, 0) is 57.4 Å². The third-order valence-electron chi connectivity index (χ3n) is 4.17. The predicted molar refractivity (Wildman–Crippen MR) is 111 cm³/mol. The molecule has 0 amide bonds. The largest absolute Gasteiger partial charge is 0.495 e. The van der Waals surface area contributed by atoms with Crippen LogP contribution in [0.1, 0.15) is 36.7 Å². The lowest BCUT2D eigenvalue weighted by molar-refractivity contribution is 0.300. The second kappa shape index (κ2) is 9.66. The summed E-state index contributed by atoms with van der Waals surface area (Å²) >= 11 is 0. The Bertz CT molecular complexity index is 775. The molecule has 1 unspecified atom stereocenters. The first-order valence-electron chi connectivity index (χ1n) is 8.95. The van der Waals surface area contributed by atoms with Crippen molar-refractivity contribution in [3.63, 3.8) is 0 Å². The fourth-order valence-electron chi connectivity index (χ4n) is 2.87. The lowest BCUT2D eigenvalue weighted by Crippen LogP contribution is -2.26. The Labute approximate surface area is 156 Å². The van der Waals surface area contributed by atoms with E-state index in [9.17, 15) is 0 Å². The molecular weight excluding hydrogens is 322 g/mol. The minimum absolute atomic E-state index is 0.272. The van der Waals surface area contributed by atoms with Gasteiger partial charge in [0.2, 0.25) is 0 Å². The zero-order chi connectivity index (χ0) is 18.9. The van der Waals surface area contributed by atoms with Crippen molar-refractivity contribution in [2.45, 2.75) is 39.7 Å². The molecule has 1 aromatic rings. The quantitative estimate of drug-likeness (QED) is 0.414. The Kier molecular flexibility index (Phi) is 7.27. The van der Waals surface area contributed by atoms with Gasteiger partial charge in [-0.2, -0.15) is 0 Å². The van der Waals surface area contributed by atoms with Gasteiger partial charge in [0.1, 0.15) is 11.5 Å². The second-order valence-corrected chi connectivity index (χ2v) is 6.36. The molecule has 1 aliphatic rings. The number of aromatic amines is 1. The lowest BCUT2D eigenvalue weighted by Gasteiger charge is -2.14. The topological polar surface area (TPSA) is 49.4 Å². The maximum absolute atomic E-state index is 5.47. The molecule has 0 radical (unpaired) electrons. The minimum atomic E-state index is 0.272. The van der Waals surface area contributed by atoms with Crippen LogP contribution in [0.2, 0.25) is 0 Å². The maximum Gasteiger partial charge on any atom is 0.140 e. The summed E-state index contributed by atoms with van der Waals surface area (Å²) in [5, 5.41) is 3.40. The van der Waals surface area contributed by atoms with E-state index >= 15 is 0 Å². The molecule has 0 bridgehead atoms. The number of hydrogen-bond donors (Lipinski definition) is 2. The highest BCUT2D eigenvalue weighted by molar-refractivity contribution is 5.79. The van der Waals surface area contributed by atoms with E-state index in [0.717, 1.165) is 41.4 Å². The predicted octanol–water partition coefficient (Wildman–Crippen LogP) is 4.97. The zero-order valence-corrected chi connectivity index (χ0v) is 16.2. The van der Waals surface area contributed by atoms with Crippen molar-refractivity contribution in [1.29, 1.82) is 0 Å². The summed E-state index contributed by atoms with van der Waals surface area (Å²) in [6.07, 6.45) is 16.2. The Balaban J connectivity index is 2.16. The van der Waals surface area contributed by atoms with Crippen molar-refractivity contribution in [3.8, 4) is 0 Å². The van der Waals surface area contributed by atoms with Crippen LogP contribution in [-0.4, -0.2) is 24.4 Å². The average Bonchev–Trinajstić information content (AvgIpc) is 2.79. The van der Waals surface area contributed by atoms with E-state index in [-0.39, 0.29) is 6.04 Å². The molecule has 0 saturated heterocycles. The first kappa shape index (κ1) is 19.6. The van der Waals surface area contributed by atoms with Gasteiger partial charge in [0.15, 0.2) is 0 Å². The number of rotatable bonds is 7. The van der Waals surface area contributed by atoms with E-state index in [0.29, 0.717) is 0 Å². The van der Waals surface area contributed by atoms with Gasteiger partial charge >= 0.3 is 0 Å². The van der Waals surface area contributed by atoms with Crippen LogP contribution in [0.5, 0.6) is 0 Å². The molecular formula is C22H29N3O. The van der Waals surface area contributed by atoms with Crippen LogP contribution in [0.25, 0.3) is 6.08 Å². The molecule has 4 heteroatoms. The highest BCUT2D eigenvalue weighted by Crippen LogP contribution is 2.19. The van der Waals surface area contributed by atoms with Crippen molar-refractivity contribution in [1.82, 2.24) is 10.3 Å². The summed E-state index contributed by atoms with van der Waals surface area (Å²) in [6.45, 7) is 10.1. The van der Waals surface area contributed by atoms with Gasteiger partial charge in [0.25, 0.3) is 0 Å². The molecule has 0 aromatic carbocycles. The summed E-state index contributed by atoms with van der Waals surface area (Å²) in [5.74, 6) is 0.722. The highest BCUT2D eigenvalue weighted by atomic mass is 16.5. The number of methoxy groups -OCH3 is 1. The number of ether oxygens (including phenoxy) is 1. The standard InChI is InChI=1S/C22H29N3O/c1-6-22(26-5)21(14-20-16(2)13-17(3)25-20)23-15-18(4)24-19-11-9-7-8-10-12-19/h6-9,11,13-15,19,24-25H,4,10,12H2,1-3,5H3/b21-14-,22-6+,23-15?. The number of aliphatic imine (C=N–C) groups is 1. The molecule has 26 heavy (non-hydrogen) atoms. The fraction of sp³-hybridized carbons (Fsp3) is 0.318. The van der Waals surface area contributed by atoms with Crippen LogP contribution in [0, 0.1) is 13.8 Å². The fourth-order valence-corrected chi connectivity index (χ4v) is 2.87. The lowest BCUT2D eigenvalue weighted by atomic mass is 10.1. The van der Waals surface area contributed by atoms with Crippen LogP contribution in [0.15, 0.2) is 65.2 Å². The molecule has 2 rings (SSSR count). The molecule has 1 atom stereocenters. The number of aromatic nitrogens is 1. The number of allylic oxidation sites excluding steroid dienone is 5. The zero-order valence-electron chi connectivity index (χ0n) is 16.2. The number of nitrogens with one attached hydrogen (secondary N) is 2. The average molecular weight is 351 g/mol. The number of H-pyrrole nitrogens is 1. The normalized spacial score (nSPS) is 18.2. The van der Waals surface area contributed by atoms with Crippen molar-refractivity contribution in [2.24, 2.45) is 4.99 Å². The molecule has 138 valence electrons. The highest BCUT2D eigenvalue weighted by Gasteiger charge is 2.08. The molecule has 0 saturated carbocycles. The van der Waals surface area contributed by atoms with Crippen LogP contribution in [0.4, 0.5) is 0 Å². The van der Waals surface area contributed by atoms with E-state index < -0.39 is 0 Å². The molecule has 1 aromatic heterocycles. The third kappa shape index (κ3) is 5.66. The SMILES string of the molecule is C=C(C=NC(=C\c1[nH]c(C)cc1C)/C(=C\C)OC)NC1C=CC=CCC1. The van der Waals surface area contributed by atoms with E-state index in [1.54, 1.807) is 13.3 Å². The van der Waals surface area contributed by atoms with Crippen LogP contribution < -0.4 is 5.32 Å². The Hall–Kier alpha value is -2.75. The van der Waals surface area contributed by atoms with Crippen LogP contribution in [0.3, 0.4) is 0 Å². The van der Waals surface area contributed by atoms with Gasteiger partial charge in [-0.15, -0.1) is 0 Å². The molecule has 1 aliphatic carbocycles. The smallest absolute Gasteiger partial charge is 0.140 e. The number of hydrogen-bond acceptors (Lipinski definition) is 3. The summed E-state index contributed by atoms with van der Waals surface area (Å²) in [7, 11) is 1.65. The summed E-state index contributed by atoms with van der Waals surface area (Å²) < 4.78 is 5.47. The summed E-state index contributed by atoms with van der Waals surface area (Å²) in [6, 6.07) is 2.38. The Morgan fingerprint density at radius 2 is 2.19 bits per heavy atom. The van der Waals surface area contributed by atoms with Gasteiger partial charge in [-0.3, -0.25) is 4.99 Å². The second-order valence-electron chi connectivity index (χ2n) is 6.36. The monoisotopic (exact) mass is 351 g/mol. The van der Waals surface area contributed by atoms with Crippen molar-refractivity contribution in [2.75, 3.05) is 7.11 Å². The van der Waals surface area contributed by atoms with Crippen molar-refractivity contribution >= 4 is 12.3 Å². The third-order valence-corrected chi connectivity index (χ3v) is 4.17. The summed E-state index contributed by atoms with van der Waals surface area (Å²) in [4.78, 5) is 7.97. The molecule has 0 fully saturated rings. The molecule has 4 nitrogen and oxygen atoms in total. The first-order valence-corrected chi connectivity index (χ1v) is 8.95. The molecule has 1 heterocycles. The molecule has 0 aliphatic heterocycles. The van der Waals surface area contributed by atoms with Gasteiger partial charge in [-0.25, -0.2) is 0 Å².